The zero-order valence-electron chi connectivity index (χ0n) is 11.6. The number of hydrogen-bond donors (Lipinski definition) is 1. The summed E-state index contributed by atoms with van der Waals surface area (Å²) in [6.45, 7) is 1.20. The molecule has 0 aliphatic rings. The maximum Gasteiger partial charge on any atom is 0.303 e. The van der Waals surface area contributed by atoms with Gasteiger partial charge in [0, 0.05) is 6.42 Å². The molecule has 0 spiro atoms. The Morgan fingerprint density at radius 3 is 1.65 bits per heavy atom. The van der Waals surface area contributed by atoms with Crippen molar-refractivity contribution in [1.29, 1.82) is 0 Å². The lowest BCUT2D eigenvalue weighted by atomic mass is 10.1. The third kappa shape index (κ3) is 15.4. The Labute approximate surface area is 106 Å². The first kappa shape index (κ1) is 16.4. The summed E-state index contributed by atoms with van der Waals surface area (Å²) in [5.41, 5.74) is 0. The van der Waals surface area contributed by atoms with E-state index in [0.29, 0.717) is 6.42 Å². The number of carboxylic acid groups (broad SMARTS) is 1. The van der Waals surface area contributed by atoms with Crippen LogP contribution in [0.3, 0.4) is 0 Å². The summed E-state index contributed by atoms with van der Waals surface area (Å²) in [5, 5.41) is 8.47. The predicted octanol–water partition coefficient (Wildman–Crippen LogP) is 3.53. The topological polar surface area (TPSA) is 40.5 Å². The van der Waals surface area contributed by atoms with E-state index in [-0.39, 0.29) is 0 Å². The molecule has 3 nitrogen and oxygen atoms in total. The highest BCUT2D eigenvalue weighted by atomic mass is 16.4. The highest BCUT2D eigenvalue weighted by molar-refractivity contribution is 5.66. The molecule has 0 amide bonds. The Hall–Kier alpha value is -0.570. The van der Waals surface area contributed by atoms with Gasteiger partial charge >= 0.3 is 5.97 Å². The van der Waals surface area contributed by atoms with Crippen LogP contribution in [0.15, 0.2) is 0 Å². The van der Waals surface area contributed by atoms with Crippen LogP contribution in [-0.4, -0.2) is 36.6 Å². The van der Waals surface area contributed by atoms with E-state index in [4.69, 9.17) is 5.11 Å². The summed E-state index contributed by atoms with van der Waals surface area (Å²) >= 11 is 0. The maximum atomic E-state index is 10.3. The molecule has 3 heteroatoms. The molecule has 0 fully saturated rings. The van der Waals surface area contributed by atoms with E-state index >= 15 is 0 Å². The van der Waals surface area contributed by atoms with Gasteiger partial charge in [-0.1, -0.05) is 44.9 Å². The van der Waals surface area contributed by atoms with E-state index in [1.54, 1.807) is 0 Å². The Kier molecular flexibility index (Phi) is 11.5. The minimum absolute atomic E-state index is 0.338. The summed E-state index contributed by atoms with van der Waals surface area (Å²) < 4.78 is 0. The van der Waals surface area contributed by atoms with E-state index in [2.05, 4.69) is 19.0 Å². The molecule has 0 rings (SSSR count). The van der Waals surface area contributed by atoms with Crippen LogP contribution in [-0.2, 0) is 4.79 Å². The maximum absolute atomic E-state index is 10.3. The van der Waals surface area contributed by atoms with Crippen LogP contribution in [0.2, 0.25) is 0 Å². The van der Waals surface area contributed by atoms with Gasteiger partial charge in [-0.2, -0.15) is 0 Å². The molecule has 0 unspecified atom stereocenters. The zero-order chi connectivity index (χ0) is 12.9. The average molecular weight is 243 g/mol. The van der Waals surface area contributed by atoms with Gasteiger partial charge in [-0.3, -0.25) is 4.79 Å². The third-order valence-electron chi connectivity index (χ3n) is 3.00. The average Bonchev–Trinajstić information content (AvgIpc) is 2.25. The first-order valence-electron chi connectivity index (χ1n) is 6.99. The number of unbranched alkanes of at least 4 members (excludes halogenated alkanes) is 8. The van der Waals surface area contributed by atoms with Gasteiger partial charge < -0.3 is 10.0 Å². The van der Waals surface area contributed by atoms with Crippen molar-refractivity contribution in [3.8, 4) is 0 Å². The second kappa shape index (κ2) is 11.9. The normalized spacial score (nSPS) is 11.0. The van der Waals surface area contributed by atoms with Gasteiger partial charge in [0.1, 0.15) is 0 Å². The fourth-order valence-electron chi connectivity index (χ4n) is 1.94. The molecule has 17 heavy (non-hydrogen) atoms. The Morgan fingerprint density at radius 2 is 1.24 bits per heavy atom. The molecule has 0 aliphatic heterocycles. The lowest BCUT2D eigenvalue weighted by Crippen LogP contribution is -2.12. The summed E-state index contributed by atoms with van der Waals surface area (Å²) in [7, 11) is 4.24. The first-order chi connectivity index (χ1) is 8.13. The largest absolute Gasteiger partial charge is 0.481 e. The fraction of sp³-hybridized carbons (Fsp3) is 0.929. The van der Waals surface area contributed by atoms with Crippen LogP contribution in [0.4, 0.5) is 0 Å². The molecule has 0 radical (unpaired) electrons. The van der Waals surface area contributed by atoms with Crippen molar-refractivity contribution in [3.63, 3.8) is 0 Å². The van der Waals surface area contributed by atoms with Gasteiger partial charge in [-0.25, -0.2) is 0 Å². The number of carbonyl (C=O) groups is 1. The summed E-state index contributed by atoms with van der Waals surface area (Å²) in [4.78, 5) is 12.5. The molecule has 0 atom stereocenters. The minimum Gasteiger partial charge on any atom is -0.481 e. The molecular formula is C14H29NO2. The van der Waals surface area contributed by atoms with Crippen LogP contribution >= 0.6 is 0 Å². The Bertz CT molecular complexity index is 181. The van der Waals surface area contributed by atoms with E-state index < -0.39 is 5.97 Å². The van der Waals surface area contributed by atoms with Crippen molar-refractivity contribution in [2.45, 2.75) is 64.2 Å². The number of carboxylic acids is 1. The van der Waals surface area contributed by atoms with E-state index in [1.165, 1.54) is 51.5 Å². The van der Waals surface area contributed by atoms with E-state index in [9.17, 15) is 4.79 Å². The van der Waals surface area contributed by atoms with Crippen molar-refractivity contribution in [2.75, 3.05) is 20.6 Å². The molecule has 0 aromatic rings. The predicted molar refractivity (Wildman–Crippen MR) is 72.4 cm³/mol. The van der Waals surface area contributed by atoms with Gasteiger partial charge in [0.15, 0.2) is 0 Å². The van der Waals surface area contributed by atoms with Crippen LogP contribution in [0.5, 0.6) is 0 Å². The molecule has 0 heterocycles. The molecule has 0 bridgehead atoms. The third-order valence-corrected chi connectivity index (χ3v) is 3.00. The van der Waals surface area contributed by atoms with Gasteiger partial charge in [-0.05, 0) is 33.5 Å². The highest BCUT2D eigenvalue weighted by Crippen LogP contribution is 2.10. The molecular weight excluding hydrogens is 214 g/mol. The monoisotopic (exact) mass is 243 g/mol. The molecule has 0 saturated carbocycles. The van der Waals surface area contributed by atoms with Gasteiger partial charge in [0.05, 0.1) is 0 Å². The first-order valence-corrected chi connectivity index (χ1v) is 6.99. The number of nitrogens with zero attached hydrogens (tertiary/aromatic N) is 1. The summed E-state index contributed by atoms with van der Waals surface area (Å²) in [6, 6.07) is 0. The number of hydrogen-bond acceptors (Lipinski definition) is 2. The molecule has 102 valence electrons. The molecule has 1 N–H and O–H groups in total. The van der Waals surface area contributed by atoms with Crippen molar-refractivity contribution >= 4 is 5.97 Å². The van der Waals surface area contributed by atoms with Crippen LogP contribution < -0.4 is 0 Å². The lowest BCUT2D eigenvalue weighted by Gasteiger charge is -2.08. The van der Waals surface area contributed by atoms with Crippen LogP contribution in [0.25, 0.3) is 0 Å². The second-order valence-corrected chi connectivity index (χ2v) is 5.13. The van der Waals surface area contributed by atoms with Crippen molar-refractivity contribution in [3.05, 3.63) is 0 Å². The highest BCUT2D eigenvalue weighted by Gasteiger charge is 1.96. The standard InChI is InChI=1S/C14H29NO2/c1-15(2)13-11-9-7-5-3-4-6-8-10-12-14(16)17/h3-13H2,1-2H3,(H,16,17). The number of aliphatic carboxylic acids is 1. The Balaban J connectivity index is 2.96. The Morgan fingerprint density at radius 1 is 0.824 bits per heavy atom. The van der Waals surface area contributed by atoms with E-state index in [0.717, 1.165) is 12.8 Å². The lowest BCUT2D eigenvalue weighted by molar-refractivity contribution is -0.137. The molecule has 0 aromatic heterocycles. The SMILES string of the molecule is CN(C)CCCCCCCCCCCC(=O)O. The minimum atomic E-state index is -0.661. The molecule has 0 aromatic carbocycles. The second-order valence-electron chi connectivity index (χ2n) is 5.13. The number of rotatable bonds is 12. The van der Waals surface area contributed by atoms with Gasteiger partial charge in [0.2, 0.25) is 0 Å². The van der Waals surface area contributed by atoms with Crippen molar-refractivity contribution < 1.29 is 9.90 Å². The van der Waals surface area contributed by atoms with Gasteiger partial charge in [0.25, 0.3) is 0 Å². The van der Waals surface area contributed by atoms with E-state index in [1.807, 2.05) is 0 Å². The van der Waals surface area contributed by atoms with Crippen molar-refractivity contribution in [1.82, 2.24) is 4.90 Å². The zero-order valence-corrected chi connectivity index (χ0v) is 11.6. The van der Waals surface area contributed by atoms with Crippen LogP contribution in [0, 0.1) is 0 Å². The van der Waals surface area contributed by atoms with Gasteiger partial charge in [-0.15, -0.1) is 0 Å². The summed E-state index contributed by atoms with van der Waals surface area (Å²) in [5.74, 6) is -0.661. The fourth-order valence-corrected chi connectivity index (χ4v) is 1.94. The summed E-state index contributed by atoms with van der Waals surface area (Å²) in [6.07, 6.45) is 11.4. The molecule has 0 saturated heterocycles. The smallest absolute Gasteiger partial charge is 0.303 e. The quantitative estimate of drug-likeness (QED) is 0.533. The van der Waals surface area contributed by atoms with Crippen LogP contribution in [0.1, 0.15) is 64.2 Å². The molecule has 0 aliphatic carbocycles. The van der Waals surface area contributed by atoms with Crippen molar-refractivity contribution in [2.24, 2.45) is 0 Å².